The molecule has 1 fully saturated rings. The predicted molar refractivity (Wildman–Crippen MR) is 105 cm³/mol. The summed E-state index contributed by atoms with van der Waals surface area (Å²) in [5, 5.41) is 3.03. The van der Waals surface area contributed by atoms with Crippen LogP contribution in [0.5, 0.6) is 0 Å². The van der Waals surface area contributed by atoms with Crippen LogP contribution in [0.15, 0.2) is 60.7 Å². The van der Waals surface area contributed by atoms with Crippen molar-refractivity contribution in [2.75, 3.05) is 6.61 Å². The van der Waals surface area contributed by atoms with Gasteiger partial charge in [0, 0.05) is 6.04 Å². The van der Waals surface area contributed by atoms with Crippen LogP contribution in [0.25, 0.3) is 0 Å². The first kappa shape index (κ1) is 19.2. The molecular formula is C23H27NO3. The molecule has 142 valence electrons. The highest BCUT2D eigenvalue weighted by molar-refractivity contribution is 5.85. The molecule has 1 amide bonds. The normalized spacial score (nSPS) is 19.5. The van der Waals surface area contributed by atoms with Crippen molar-refractivity contribution < 1.29 is 14.3 Å². The van der Waals surface area contributed by atoms with E-state index in [1.165, 1.54) is 6.42 Å². The SMILES string of the molecule is C[C@@H]1CCCC[C@@H]1NC(=O)COC(=O)C(c1ccccc1)c1ccccc1. The van der Waals surface area contributed by atoms with Crippen LogP contribution >= 0.6 is 0 Å². The number of ether oxygens (including phenoxy) is 1. The fraction of sp³-hybridized carbons (Fsp3) is 0.391. The lowest BCUT2D eigenvalue weighted by Crippen LogP contribution is -2.43. The topological polar surface area (TPSA) is 55.4 Å². The smallest absolute Gasteiger partial charge is 0.318 e. The number of benzene rings is 2. The zero-order valence-electron chi connectivity index (χ0n) is 15.8. The monoisotopic (exact) mass is 365 g/mol. The van der Waals surface area contributed by atoms with E-state index in [-0.39, 0.29) is 18.6 Å². The summed E-state index contributed by atoms with van der Waals surface area (Å²) in [6.45, 7) is 1.93. The fourth-order valence-corrected chi connectivity index (χ4v) is 3.75. The van der Waals surface area contributed by atoms with Crippen LogP contribution in [0.3, 0.4) is 0 Å². The molecule has 3 rings (SSSR count). The molecule has 2 aromatic carbocycles. The number of carbonyl (C=O) groups is 2. The number of hydrogen-bond acceptors (Lipinski definition) is 3. The quantitative estimate of drug-likeness (QED) is 0.786. The van der Waals surface area contributed by atoms with Crippen LogP contribution in [-0.4, -0.2) is 24.5 Å². The van der Waals surface area contributed by atoms with Crippen molar-refractivity contribution in [3.63, 3.8) is 0 Å². The second-order valence-electron chi connectivity index (χ2n) is 7.30. The molecule has 2 atom stereocenters. The average Bonchev–Trinajstić information content (AvgIpc) is 2.70. The molecule has 1 N–H and O–H groups in total. The van der Waals surface area contributed by atoms with Crippen LogP contribution in [-0.2, 0) is 14.3 Å². The Balaban J connectivity index is 1.64. The highest BCUT2D eigenvalue weighted by Crippen LogP contribution is 2.26. The Kier molecular flexibility index (Phi) is 6.64. The molecule has 4 nitrogen and oxygen atoms in total. The Labute approximate surface area is 160 Å². The molecule has 1 aliphatic carbocycles. The minimum absolute atomic E-state index is 0.184. The van der Waals surface area contributed by atoms with Crippen molar-refractivity contribution in [3.8, 4) is 0 Å². The van der Waals surface area contributed by atoms with Crippen LogP contribution in [0.4, 0.5) is 0 Å². The van der Waals surface area contributed by atoms with Crippen molar-refractivity contribution in [3.05, 3.63) is 71.8 Å². The fourth-order valence-electron chi connectivity index (χ4n) is 3.75. The van der Waals surface area contributed by atoms with Gasteiger partial charge in [-0.2, -0.15) is 0 Å². The van der Waals surface area contributed by atoms with Gasteiger partial charge in [0.2, 0.25) is 0 Å². The van der Waals surface area contributed by atoms with Gasteiger partial charge < -0.3 is 10.1 Å². The Bertz CT molecular complexity index is 705. The van der Waals surface area contributed by atoms with Crippen molar-refractivity contribution in [2.24, 2.45) is 5.92 Å². The molecule has 0 bridgehead atoms. The lowest BCUT2D eigenvalue weighted by Gasteiger charge is -2.29. The van der Waals surface area contributed by atoms with E-state index < -0.39 is 11.9 Å². The second-order valence-corrected chi connectivity index (χ2v) is 7.30. The summed E-state index contributed by atoms with van der Waals surface area (Å²) in [7, 11) is 0. The highest BCUT2D eigenvalue weighted by Gasteiger charge is 2.26. The van der Waals surface area contributed by atoms with E-state index in [1.807, 2.05) is 60.7 Å². The van der Waals surface area contributed by atoms with Gasteiger partial charge in [0.1, 0.15) is 5.92 Å². The average molecular weight is 365 g/mol. The molecule has 0 aromatic heterocycles. The van der Waals surface area contributed by atoms with Gasteiger partial charge in [-0.3, -0.25) is 9.59 Å². The summed E-state index contributed by atoms with van der Waals surface area (Å²) < 4.78 is 5.40. The van der Waals surface area contributed by atoms with Crippen LogP contribution < -0.4 is 5.32 Å². The molecule has 0 spiro atoms. The third-order valence-corrected chi connectivity index (χ3v) is 5.30. The number of rotatable bonds is 6. The molecule has 0 heterocycles. The Morgan fingerprint density at radius 2 is 1.52 bits per heavy atom. The maximum atomic E-state index is 12.8. The van der Waals surface area contributed by atoms with Crippen LogP contribution in [0.2, 0.25) is 0 Å². The number of amides is 1. The zero-order valence-corrected chi connectivity index (χ0v) is 15.8. The first-order valence-electron chi connectivity index (χ1n) is 9.71. The molecule has 1 aliphatic rings. The van der Waals surface area contributed by atoms with E-state index >= 15 is 0 Å². The third kappa shape index (κ3) is 5.19. The summed E-state index contributed by atoms with van der Waals surface area (Å²) in [6.07, 6.45) is 4.49. The Morgan fingerprint density at radius 3 is 2.07 bits per heavy atom. The van der Waals surface area contributed by atoms with Gasteiger partial charge in [0.05, 0.1) is 0 Å². The maximum absolute atomic E-state index is 12.8. The minimum atomic E-state index is -0.534. The van der Waals surface area contributed by atoms with E-state index in [9.17, 15) is 9.59 Å². The number of nitrogens with one attached hydrogen (secondary N) is 1. The highest BCUT2D eigenvalue weighted by atomic mass is 16.5. The van der Waals surface area contributed by atoms with E-state index in [1.54, 1.807) is 0 Å². The van der Waals surface area contributed by atoms with Gasteiger partial charge in [-0.15, -0.1) is 0 Å². The molecule has 4 heteroatoms. The second kappa shape index (κ2) is 9.36. The zero-order chi connectivity index (χ0) is 19.1. The van der Waals surface area contributed by atoms with Crippen molar-refractivity contribution in [1.82, 2.24) is 5.32 Å². The van der Waals surface area contributed by atoms with Gasteiger partial charge >= 0.3 is 5.97 Å². The lowest BCUT2D eigenvalue weighted by molar-refractivity contribution is -0.149. The molecule has 0 aliphatic heterocycles. The van der Waals surface area contributed by atoms with Crippen molar-refractivity contribution in [2.45, 2.75) is 44.6 Å². The summed E-state index contributed by atoms with van der Waals surface area (Å²) >= 11 is 0. The van der Waals surface area contributed by atoms with Gasteiger partial charge in [-0.25, -0.2) is 0 Å². The summed E-state index contributed by atoms with van der Waals surface area (Å²) in [4.78, 5) is 25.1. The number of carbonyl (C=O) groups excluding carboxylic acids is 2. The first-order chi connectivity index (χ1) is 13.1. The Hall–Kier alpha value is -2.62. The van der Waals surface area contributed by atoms with Gasteiger partial charge in [0.25, 0.3) is 5.91 Å². The number of esters is 1. The molecule has 0 radical (unpaired) electrons. The van der Waals surface area contributed by atoms with E-state index in [2.05, 4.69) is 12.2 Å². The minimum Gasteiger partial charge on any atom is -0.455 e. The van der Waals surface area contributed by atoms with Crippen LogP contribution in [0, 0.1) is 5.92 Å². The largest absolute Gasteiger partial charge is 0.455 e. The summed E-state index contributed by atoms with van der Waals surface area (Å²) in [6, 6.07) is 19.2. The first-order valence-corrected chi connectivity index (χ1v) is 9.71. The molecule has 2 aromatic rings. The van der Waals surface area contributed by atoms with E-state index in [0.29, 0.717) is 5.92 Å². The predicted octanol–water partition coefficient (Wildman–Crippen LogP) is 4.06. The molecule has 0 saturated heterocycles. The van der Waals surface area contributed by atoms with Crippen molar-refractivity contribution in [1.29, 1.82) is 0 Å². The van der Waals surface area contributed by atoms with Gasteiger partial charge in [0.15, 0.2) is 6.61 Å². The number of hydrogen-bond donors (Lipinski definition) is 1. The van der Waals surface area contributed by atoms with E-state index in [4.69, 9.17) is 4.74 Å². The Morgan fingerprint density at radius 1 is 0.963 bits per heavy atom. The summed E-state index contributed by atoms with van der Waals surface area (Å²) in [5.41, 5.74) is 1.71. The van der Waals surface area contributed by atoms with Gasteiger partial charge in [-0.05, 0) is 29.9 Å². The molecule has 0 unspecified atom stereocenters. The van der Waals surface area contributed by atoms with E-state index in [0.717, 1.165) is 30.4 Å². The van der Waals surface area contributed by atoms with Crippen molar-refractivity contribution >= 4 is 11.9 Å². The molecule has 1 saturated carbocycles. The van der Waals surface area contributed by atoms with Gasteiger partial charge in [-0.1, -0.05) is 80.4 Å². The molecule has 27 heavy (non-hydrogen) atoms. The molecular weight excluding hydrogens is 338 g/mol. The summed E-state index contributed by atoms with van der Waals surface area (Å²) in [5.74, 6) is -0.685. The lowest BCUT2D eigenvalue weighted by atomic mass is 9.86. The standard InChI is InChI=1S/C23H27NO3/c1-17-10-8-9-15-20(17)24-21(25)16-27-23(26)22(18-11-4-2-5-12-18)19-13-6-3-7-14-19/h2-7,11-14,17,20,22H,8-10,15-16H2,1H3,(H,24,25)/t17-,20+/m1/s1. The third-order valence-electron chi connectivity index (χ3n) is 5.30. The van der Waals surface area contributed by atoms with Crippen LogP contribution in [0.1, 0.15) is 49.7 Å². The maximum Gasteiger partial charge on any atom is 0.318 e.